The van der Waals surface area contributed by atoms with Crippen molar-refractivity contribution in [2.75, 3.05) is 0 Å². The summed E-state index contributed by atoms with van der Waals surface area (Å²) in [5.41, 5.74) is 4.17. The third kappa shape index (κ3) is 2.17. The van der Waals surface area contributed by atoms with Crippen LogP contribution in [0, 0.1) is 13.8 Å². The maximum atomic E-state index is 12.5. The third-order valence-corrected chi connectivity index (χ3v) is 4.90. The molecule has 1 aliphatic heterocycles. The fourth-order valence-corrected chi connectivity index (χ4v) is 4.01. The molecule has 4 heteroatoms. The number of aryl methyl sites for hydroxylation is 2. The zero-order chi connectivity index (χ0) is 15.2. The van der Waals surface area contributed by atoms with Crippen LogP contribution in [0.25, 0.3) is 5.57 Å². The first-order valence-electron chi connectivity index (χ1n) is 7.79. The molecule has 0 radical (unpaired) electrons. The highest BCUT2D eigenvalue weighted by molar-refractivity contribution is 6.33. The molecule has 2 N–H and O–H groups in total. The van der Waals surface area contributed by atoms with Crippen molar-refractivity contribution in [1.29, 1.82) is 0 Å². The molecule has 1 fully saturated rings. The fourth-order valence-electron chi connectivity index (χ4n) is 4.01. The average Bonchev–Trinajstić information content (AvgIpc) is 2.63. The topological polar surface area (TPSA) is 49.3 Å². The zero-order valence-corrected chi connectivity index (χ0v) is 13.0. The Morgan fingerprint density at radius 1 is 1.14 bits per heavy atom. The normalized spacial score (nSPS) is 21.0. The number of aliphatic hydroxyl groups excluding tert-OH is 1. The Balaban J connectivity index is 2.15. The minimum absolute atomic E-state index is 0.121. The van der Waals surface area contributed by atoms with Crippen molar-refractivity contribution in [1.82, 2.24) is 5.32 Å². The number of rotatable bonds is 1. The van der Waals surface area contributed by atoms with Crippen LogP contribution < -0.4 is 10.8 Å². The van der Waals surface area contributed by atoms with E-state index < -0.39 is 5.54 Å². The molecule has 110 valence electrons. The summed E-state index contributed by atoms with van der Waals surface area (Å²) < 4.78 is 0. The van der Waals surface area contributed by atoms with Crippen molar-refractivity contribution >= 4 is 24.8 Å². The van der Waals surface area contributed by atoms with Gasteiger partial charge in [-0.3, -0.25) is 4.79 Å². The van der Waals surface area contributed by atoms with Gasteiger partial charge in [0.2, 0.25) is 0 Å². The molecule has 0 bridgehead atoms. The summed E-state index contributed by atoms with van der Waals surface area (Å²) in [5.74, 6) is 0.145. The van der Waals surface area contributed by atoms with E-state index >= 15 is 0 Å². The van der Waals surface area contributed by atoms with Crippen molar-refractivity contribution in [3.05, 3.63) is 34.6 Å². The van der Waals surface area contributed by atoms with Gasteiger partial charge < -0.3 is 10.4 Å². The van der Waals surface area contributed by atoms with Crippen LogP contribution in [0.3, 0.4) is 0 Å². The maximum absolute atomic E-state index is 12.5. The molecule has 21 heavy (non-hydrogen) atoms. The molecule has 2 aliphatic rings. The monoisotopic (exact) mass is 283 g/mol. The van der Waals surface area contributed by atoms with Crippen LogP contribution in [0.2, 0.25) is 0 Å². The van der Waals surface area contributed by atoms with E-state index in [-0.39, 0.29) is 11.7 Å². The Bertz CT molecular complexity index is 619. The van der Waals surface area contributed by atoms with E-state index in [0.717, 1.165) is 42.4 Å². The van der Waals surface area contributed by atoms with Crippen LogP contribution >= 0.6 is 0 Å². The molecule has 1 aromatic rings. The molecular formula is C17H22BNO2. The molecule has 1 aliphatic carbocycles. The van der Waals surface area contributed by atoms with E-state index in [1.54, 1.807) is 0 Å². The molecule has 1 aromatic carbocycles. The van der Waals surface area contributed by atoms with E-state index in [2.05, 4.69) is 25.3 Å². The average molecular weight is 283 g/mol. The van der Waals surface area contributed by atoms with Gasteiger partial charge >= 0.3 is 0 Å². The van der Waals surface area contributed by atoms with E-state index in [1.807, 2.05) is 13.8 Å². The van der Waals surface area contributed by atoms with Crippen LogP contribution in [0.4, 0.5) is 0 Å². The van der Waals surface area contributed by atoms with Gasteiger partial charge in [0.1, 0.15) is 13.6 Å². The molecule has 1 saturated carbocycles. The predicted molar refractivity (Wildman–Crippen MR) is 87.6 cm³/mol. The summed E-state index contributed by atoms with van der Waals surface area (Å²) in [6.45, 7) is 4.02. The Hall–Kier alpha value is -1.71. The van der Waals surface area contributed by atoms with Gasteiger partial charge in [0.15, 0.2) is 0 Å². The predicted octanol–water partition coefficient (Wildman–Crippen LogP) is 1.66. The molecular weight excluding hydrogens is 261 g/mol. The highest BCUT2D eigenvalue weighted by atomic mass is 16.3. The second-order valence-electron chi connectivity index (χ2n) is 6.59. The first-order valence-corrected chi connectivity index (χ1v) is 7.79. The van der Waals surface area contributed by atoms with Crippen molar-refractivity contribution in [2.45, 2.75) is 51.5 Å². The van der Waals surface area contributed by atoms with Crippen LogP contribution in [-0.2, 0) is 4.79 Å². The summed E-state index contributed by atoms with van der Waals surface area (Å²) >= 11 is 0. The molecule has 0 saturated heterocycles. The van der Waals surface area contributed by atoms with E-state index in [4.69, 9.17) is 0 Å². The van der Waals surface area contributed by atoms with Gasteiger partial charge in [-0.25, -0.2) is 0 Å². The standard InChI is InChI=1S/C17H22BNO2/c1-10-8-12(18)9-11(2)13(10)14-15(20)17(19-16(14)21)6-4-3-5-7-17/h8-9,20H,3-7,18H2,1-2H3,(H,19,21). The number of hydrogen-bond donors (Lipinski definition) is 2. The van der Waals surface area contributed by atoms with Crippen molar-refractivity contribution < 1.29 is 9.90 Å². The van der Waals surface area contributed by atoms with Crippen LogP contribution in [0.1, 0.15) is 48.8 Å². The van der Waals surface area contributed by atoms with Gasteiger partial charge in [0.25, 0.3) is 5.91 Å². The zero-order valence-electron chi connectivity index (χ0n) is 13.0. The van der Waals surface area contributed by atoms with Gasteiger partial charge in [-0.15, -0.1) is 0 Å². The minimum atomic E-state index is -0.506. The second kappa shape index (κ2) is 4.94. The number of hydrogen-bond acceptors (Lipinski definition) is 2. The van der Waals surface area contributed by atoms with Crippen molar-refractivity contribution in [3.8, 4) is 0 Å². The van der Waals surface area contributed by atoms with Gasteiger partial charge in [0.05, 0.1) is 11.1 Å². The number of nitrogens with one attached hydrogen (secondary N) is 1. The lowest BCUT2D eigenvalue weighted by Gasteiger charge is -2.33. The molecule has 1 spiro atoms. The Kier molecular flexibility index (Phi) is 3.35. The lowest BCUT2D eigenvalue weighted by Crippen LogP contribution is -2.46. The Morgan fingerprint density at radius 2 is 1.71 bits per heavy atom. The lowest BCUT2D eigenvalue weighted by atomic mass is 9.80. The smallest absolute Gasteiger partial charge is 0.256 e. The maximum Gasteiger partial charge on any atom is 0.256 e. The lowest BCUT2D eigenvalue weighted by molar-refractivity contribution is -0.116. The van der Waals surface area contributed by atoms with E-state index in [9.17, 15) is 9.90 Å². The third-order valence-electron chi connectivity index (χ3n) is 4.90. The number of amides is 1. The summed E-state index contributed by atoms with van der Waals surface area (Å²) in [4.78, 5) is 12.5. The number of carbonyl (C=O) groups excluding carboxylic acids is 1. The quantitative estimate of drug-likeness (QED) is 0.770. The van der Waals surface area contributed by atoms with E-state index in [0.29, 0.717) is 5.57 Å². The van der Waals surface area contributed by atoms with Gasteiger partial charge in [-0.05, 0) is 43.4 Å². The van der Waals surface area contributed by atoms with Crippen LogP contribution in [-0.4, -0.2) is 24.4 Å². The fraction of sp³-hybridized carbons (Fsp3) is 0.471. The molecule has 3 nitrogen and oxygen atoms in total. The van der Waals surface area contributed by atoms with Crippen molar-refractivity contribution in [3.63, 3.8) is 0 Å². The summed E-state index contributed by atoms with van der Waals surface area (Å²) in [6, 6.07) is 4.14. The molecule has 1 amide bonds. The molecule has 3 rings (SSSR count). The first kappa shape index (κ1) is 14.2. The Labute approximate surface area is 126 Å². The number of aliphatic hydroxyl groups is 1. The van der Waals surface area contributed by atoms with E-state index in [1.165, 1.54) is 11.9 Å². The Morgan fingerprint density at radius 3 is 2.29 bits per heavy atom. The molecule has 0 atom stereocenters. The van der Waals surface area contributed by atoms with Crippen LogP contribution in [0.15, 0.2) is 17.9 Å². The van der Waals surface area contributed by atoms with Gasteiger partial charge in [0, 0.05) is 0 Å². The summed E-state index contributed by atoms with van der Waals surface area (Å²) in [5, 5.41) is 13.9. The number of benzene rings is 1. The highest BCUT2D eigenvalue weighted by Gasteiger charge is 2.46. The van der Waals surface area contributed by atoms with Gasteiger partial charge in [-0.2, -0.15) is 0 Å². The van der Waals surface area contributed by atoms with Crippen molar-refractivity contribution in [2.24, 2.45) is 0 Å². The molecule has 1 heterocycles. The number of carbonyl (C=O) groups is 1. The molecule has 0 unspecified atom stereocenters. The second-order valence-corrected chi connectivity index (χ2v) is 6.59. The molecule has 0 aromatic heterocycles. The largest absolute Gasteiger partial charge is 0.509 e. The summed E-state index contributed by atoms with van der Waals surface area (Å²) in [6.07, 6.45) is 4.99. The highest BCUT2D eigenvalue weighted by Crippen LogP contribution is 2.42. The van der Waals surface area contributed by atoms with Gasteiger partial charge in [-0.1, -0.05) is 36.9 Å². The SMILES string of the molecule is Bc1cc(C)c(C2=C(O)C3(CCCCC3)NC2=O)c(C)c1. The van der Waals surface area contributed by atoms with Crippen LogP contribution in [0.5, 0.6) is 0 Å². The first-order chi connectivity index (χ1) is 9.94. The summed E-state index contributed by atoms with van der Waals surface area (Å²) in [7, 11) is 2.05. The minimum Gasteiger partial charge on any atom is -0.509 e.